The molecular formula is C10H20N4O4. The van der Waals surface area contributed by atoms with Crippen LogP contribution in [0.2, 0.25) is 0 Å². The quantitative estimate of drug-likeness (QED) is 0.181. The zero-order chi connectivity index (χ0) is 13.5. The van der Waals surface area contributed by atoms with Gasteiger partial charge in [0.05, 0.1) is 40.0 Å². The fourth-order valence-electron chi connectivity index (χ4n) is 1.03. The van der Waals surface area contributed by atoms with E-state index < -0.39 is 0 Å². The van der Waals surface area contributed by atoms with Crippen LogP contribution in [0.4, 0.5) is 0 Å². The van der Waals surface area contributed by atoms with Crippen LogP contribution in [0.5, 0.6) is 0 Å². The first-order chi connectivity index (χ1) is 8.81. The highest BCUT2D eigenvalue weighted by atomic mass is 16.5. The largest absolute Gasteiger partial charge is 0.469 e. The molecule has 0 rings (SSSR count). The maximum absolute atomic E-state index is 10.8. The van der Waals surface area contributed by atoms with E-state index in [2.05, 4.69) is 20.1 Å². The average molecular weight is 260 g/mol. The van der Waals surface area contributed by atoms with Gasteiger partial charge in [0.1, 0.15) is 0 Å². The minimum atomic E-state index is -0.225. The molecular weight excluding hydrogens is 240 g/mol. The lowest BCUT2D eigenvalue weighted by Crippen LogP contribution is -2.23. The van der Waals surface area contributed by atoms with Crippen molar-refractivity contribution in [2.75, 3.05) is 53.2 Å². The van der Waals surface area contributed by atoms with E-state index in [0.717, 1.165) is 0 Å². The molecule has 8 heteroatoms. The van der Waals surface area contributed by atoms with Gasteiger partial charge in [0.25, 0.3) is 0 Å². The first-order valence-corrected chi connectivity index (χ1v) is 5.75. The monoisotopic (exact) mass is 260 g/mol. The molecule has 0 heterocycles. The van der Waals surface area contributed by atoms with E-state index >= 15 is 0 Å². The summed E-state index contributed by atoms with van der Waals surface area (Å²) in [6.45, 7) is 3.53. The Morgan fingerprint density at radius 1 is 1.22 bits per heavy atom. The normalized spacial score (nSPS) is 9.83. The molecule has 0 unspecified atom stereocenters. The molecule has 0 aromatic rings. The highest BCUT2D eigenvalue weighted by Crippen LogP contribution is 1.82. The van der Waals surface area contributed by atoms with E-state index in [-0.39, 0.29) is 5.97 Å². The minimum absolute atomic E-state index is 0.225. The zero-order valence-corrected chi connectivity index (χ0v) is 10.6. The Morgan fingerprint density at radius 3 is 2.61 bits per heavy atom. The maximum Gasteiger partial charge on any atom is 0.306 e. The van der Waals surface area contributed by atoms with Gasteiger partial charge in [-0.2, -0.15) is 0 Å². The Bertz CT molecular complexity index is 256. The van der Waals surface area contributed by atoms with Gasteiger partial charge in [-0.1, -0.05) is 5.11 Å². The van der Waals surface area contributed by atoms with Gasteiger partial charge in [0.15, 0.2) is 0 Å². The highest BCUT2D eigenvalue weighted by molar-refractivity contribution is 5.69. The Labute approximate surface area is 106 Å². The molecule has 0 aliphatic rings. The van der Waals surface area contributed by atoms with Crippen LogP contribution in [0, 0.1) is 0 Å². The number of methoxy groups -OCH3 is 1. The molecule has 0 aliphatic carbocycles. The van der Waals surface area contributed by atoms with Crippen LogP contribution in [0.25, 0.3) is 10.4 Å². The van der Waals surface area contributed by atoms with Gasteiger partial charge in [-0.15, -0.1) is 0 Å². The van der Waals surface area contributed by atoms with E-state index in [1.54, 1.807) is 0 Å². The van der Waals surface area contributed by atoms with Gasteiger partial charge in [0.2, 0.25) is 0 Å². The predicted octanol–water partition coefficient (Wildman–Crippen LogP) is 0.483. The molecule has 0 aromatic carbocycles. The van der Waals surface area contributed by atoms with Crippen LogP contribution in [-0.2, 0) is 19.0 Å². The molecule has 18 heavy (non-hydrogen) atoms. The van der Waals surface area contributed by atoms with Crippen molar-refractivity contribution in [2.24, 2.45) is 5.11 Å². The van der Waals surface area contributed by atoms with Crippen molar-refractivity contribution < 1.29 is 19.0 Å². The highest BCUT2D eigenvalue weighted by Gasteiger charge is 1.97. The van der Waals surface area contributed by atoms with Crippen molar-refractivity contribution in [1.29, 1.82) is 0 Å². The summed E-state index contributed by atoms with van der Waals surface area (Å²) in [7, 11) is 1.37. The maximum atomic E-state index is 10.8. The number of nitrogens with one attached hydrogen (secondary N) is 1. The number of carbonyl (C=O) groups is 1. The standard InChI is InChI=1S/C10H20N4O4/c1-16-10(15)2-3-12-4-6-17-8-9-18-7-5-13-14-11/h12H,2-9H2,1H3. The summed E-state index contributed by atoms with van der Waals surface area (Å²) in [6.07, 6.45) is 0.360. The Hall–Kier alpha value is -1.34. The summed E-state index contributed by atoms with van der Waals surface area (Å²) in [4.78, 5) is 13.4. The second-order valence-electron chi connectivity index (χ2n) is 3.26. The summed E-state index contributed by atoms with van der Waals surface area (Å²) in [5.41, 5.74) is 8.00. The van der Waals surface area contributed by atoms with Crippen LogP contribution in [0.1, 0.15) is 6.42 Å². The third-order valence-corrected chi connectivity index (χ3v) is 1.93. The summed E-state index contributed by atoms with van der Waals surface area (Å²) < 4.78 is 14.9. The van der Waals surface area contributed by atoms with Crippen molar-refractivity contribution in [2.45, 2.75) is 6.42 Å². The van der Waals surface area contributed by atoms with Gasteiger partial charge in [-0.05, 0) is 5.53 Å². The second-order valence-corrected chi connectivity index (χ2v) is 3.26. The van der Waals surface area contributed by atoms with Crippen molar-refractivity contribution in [3.05, 3.63) is 10.4 Å². The number of ether oxygens (including phenoxy) is 3. The number of esters is 1. The third-order valence-electron chi connectivity index (χ3n) is 1.93. The topological polar surface area (TPSA) is 106 Å². The fraction of sp³-hybridized carbons (Fsp3) is 0.900. The molecule has 0 aliphatic heterocycles. The third kappa shape index (κ3) is 12.7. The minimum Gasteiger partial charge on any atom is -0.469 e. The molecule has 0 spiro atoms. The van der Waals surface area contributed by atoms with Crippen LogP contribution < -0.4 is 5.32 Å². The Kier molecular flexibility index (Phi) is 12.7. The van der Waals surface area contributed by atoms with Gasteiger partial charge in [-0.25, -0.2) is 0 Å². The van der Waals surface area contributed by atoms with Crippen molar-refractivity contribution in [3.8, 4) is 0 Å². The van der Waals surface area contributed by atoms with Crippen molar-refractivity contribution >= 4 is 5.97 Å². The number of nitrogens with zero attached hydrogens (tertiary/aromatic N) is 3. The lowest BCUT2D eigenvalue weighted by molar-refractivity contribution is -0.140. The first-order valence-electron chi connectivity index (χ1n) is 5.75. The van der Waals surface area contributed by atoms with Gasteiger partial charge in [0, 0.05) is 24.5 Å². The molecule has 8 nitrogen and oxygen atoms in total. The molecule has 0 amide bonds. The molecule has 104 valence electrons. The molecule has 0 bridgehead atoms. The number of hydrogen-bond acceptors (Lipinski definition) is 6. The molecule has 1 N–H and O–H groups in total. The average Bonchev–Trinajstić information content (AvgIpc) is 2.39. The van der Waals surface area contributed by atoms with E-state index in [0.29, 0.717) is 52.5 Å². The van der Waals surface area contributed by atoms with Crippen molar-refractivity contribution in [3.63, 3.8) is 0 Å². The number of azide groups is 1. The molecule has 0 saturated carbocycles. The van der Waals surface area contributed by atoms with Crippen LogP contribution in [0.15, 0.2) is 5.11 Å². The lowest BCUT2D eigenvalue weighted by Gasteiger charge is -2.06. The molecule has 0 aromatic heterocycles. The summed E-state index contributed by atoms with van der Waals surface area (Å²) >= 11 is 0. The fourth-order valence-corrected chi connectivity index (χ4v) is 1.03. The lowest BCUT2D eigenvalue weighted by atomic mass is 10.4. The molecule has 0 radical (unpaired) electrons. The first kappa shape index (κ1) is 16.7. The summed E-state index contributed by atoms with van der Waals surface area (Å²) in [5.74, 6) is -0.225. The van der Waals surface area contributed by atoms with E-state index in [1.165, 1.54) is 7.11 Å². The smallest absolute Gasteiger partial charge is 0.306 e. The van der Waals surface area contributed by atoms with E-state index in [4.69, 9.17) is 15.0 Å². The Balaban J connectivity index is 3.03. The number of carbonyl (C=O) groups excluding carboxylic acids is 1. The van der Waals surface area contributed by atoms with E-state index in [1.807, 2.05) is 0 Å². The van der Waals surface area contributed by atoms with Crippen LogP contribution >= 0.6 is 0 Å². The molecule has 0 atom stereocenters. The van der Waals surface area contributed by atoms with Gasteiger partial charge < -0.3 is 19.5 Å². The number of hydrogen-bond donors (Lipinski definition) is 1. The summed E-state index contributed by atoms with van der Waals surface area (Å²) in [6, 6.07) is 0. The van der Waals surface area contributed by atoms with Gasteiger partial charge >= 0.3 is 5.97 Å². The zero-order valence-electron chi connectivity index (χ0n) is 10.6. The Morgan fingerprint density at radius 2 is 1.94 bits per heavy atom. The number of rotatable bonds is 12. The van der Waals surface area contributed by atoms with E-state index in [9.17, 15) is 4.79 Å². The second kappa shape index (κ2) is 13.7. The molecule has 0 fully saturated rings. The van der Waals surface area contributed by atoms with Gasteiger partial charge in [-0.3, -0.25) is 4.79 Å². The SMILES string of the molecule is COC(=O)CCNCCOCCOCCN=[N+]=[N-]. The molecule has 0 saturated heterocycles. The summed E-state index contributed by atoms with van der Waals surface area (Å²) in [5, 5.41) is 6.38. The van der Waals surface area contributed by atoms with Crippen LogP contribution in [0.3, 0.4) is 0 Å². The van der Waals surface area contributed by atoms with Crippen molar-refractivity contribution in [1.82, 2.24) is 5.32 Å². The van der Waals surface area contributed by atoms with Crippen LogP contribution in [-0.4, -0.2) is 59.1 Å². The predicted molar refractivity (Wildman–Crippen MR) is 65.2 cm³/mol.